The number of nitrogens with zero attached hydrogens (tertiary/aromatic N) is 1. The smallest absolute Gasteiger partial charge is 0.237 e. The lowest BCUT2D eigenvalue weighted by Crippen LogP contribution is -2.25. The molecule has 2 atom stereocenters. The summed E-state index contributed by atoms with van der Waals surface area (Å²) in [5.41, 5.74) is 2.26. The van der Waals surface area contributed by atoms with Gasteiger partial charge in [-0.25, -0.2) is 0 Å². The first-order chi connectivity index (χ1) is 8.73. The predicted molar refractivity (Wildman–Crippen MR) is 74.8 cm³/mol. The van der Waals surface area contributed by atoms with Crippen molar-refractivity contribution < 1.29 is 9.59 Å². The summed E-state index contributed by atoms with van der Waals surface area (Å²) in [6, 6.07) is 8.06. The lowest BCUT2D eigenvalue weighted by atomic mass is 9.84. The molecule has 1 saturated heterocycles. The highest BCUT2D eigenvalue weighted by Crippen LogP contribution is 2.34. The highest BCUT2D eigenvalue weighted by Gasteiger charge is 2.43. The first-order valence-corrected chi connectivity index (χ1v) is 6.65. The Kier molecular flexibility index (Phi) is 3.25. The van der Waals surface area contributed by atoms with E-state index in [2.05, 4.69) is 32.9 Å². The van der Waals surface area contributed by atoms with Gasteiger partial charge in [0.05, 0.1) is 11.8 Å². The first kappa shape index (κ1) is 13.8. The maximum Gasteiger partial charge on any atom is 0.237 e. The van der Waals surface area contributed by atoms with Crippen LogP contribution < -0.4 is 0 Å². The molecule has 0 spiro atoms. The molecule has 1 heterocycles. The third-order valence-electron chi connectivity index (χ3n) is 3.95. The summed E-state index contributed by atoms with van der Waals surface area (Å²) < 4.78 is 0. The maximum atomic E-state index is 12.1. The fourth-order valence-corrected chi connectivity index (χ4v) is 2.60. The summed E-state index contributed by atoms with van der Waals surface area (Å²) in [4.78, 5) is 25.2. The molecule has 3 nitrogen and oxygen atoms in total. The number of amides is 2. The molecule has 2 amide bonds. The number of likely N-dealkylation sites (N-methyl/N-ethyl adjacent to an activating group) is 1. The van der Waals surface area contributed by atoms with Crippen molar-refractivity contribution in [1.29, 1.82) is 0 Å². The Labute approximate surface area is 114 Å². The molecule has 0 saturated carbocycles. The van der Waals surface area contributed by atoms with Crippen molar-refractivity contribution in [2.24, 2.45) is 5.92 Å². The van der Waals surface area contributed by atoms with Gasteiger partial charge in [0.1, 0.15) is 0 Å². The number of imide groups is 1. The fourth-order valence-electron chi connectivity index (χ4n) is 2.60. The van der Waals surface area contributed by atoms with Crippen LogP contribution in [0.1, 0.15) is 44.7 Å². The van der Waals surface area contributed by atoms with Crippen molar-refractivity contribution in [3.8, 4) is 0 Å². The van der Waals surface area contributed by atoms with Gasteiger partial charge in [0.15, 0.2) is 0 Å². The zero-order valence-electron chi connectivity index (χ0n) is 12.2. The minimum absolute atomic E-state index is 0.0881. The van der Waals surface area contributed by atoms with Crippen LogP contribution in [0.15, 0.2) is 24.3 Å². The second-order valence-electron chi connectivity index (χ2n) is 6.37. The van der Waals surface area contributed by atoms with Crippen LogP contribution in [0.25, 0.3) is 0 Å². The van der Waals surface area contributed by atoms with Gasteiger partial charge in [-0.1, -0.05) is 52.0 Å². The summed E-state index contributed by atoms with van der Waals surface area (Å²) in [5.74, 6) is -0.777. The van der Waals surface area contributed by atoms with Gasteiger partial charge in [-0.3, -0.25) is 14.5 Å². The van der Waals surface area contributed by atoms with E-state index in [1.54, 1.807) is 7.05 Å². The topological polar surface area (TPSA) is 37.4 Å². The number of carbonyl (C=O) groups excluding carboxylic acids is 2. The summed E-state index contributed by atoms with van der Waals surface area (Å²) in [7, 11) is 1.56. The zero-order chi connectivity index (χ0) is 14.4. The van der Waals surface area contributed by atoms with Gasteiger partial charge >= 0.3 is 0 Å². The van der Waals surface area contributed by atoms with Gasteiger partial charge in [0, 0.05) is 7.05 Å². The summed E-state index contributed by atoms with van der Waals surface area (Å²) >= 11 is 0. The van der Waals surface area contributed by atoms with Crippen LogP contribution >= 0.6 is 0 Å². The number of hydrogen-bond donors (Lipinski definition) is 0. The van der Waals surface area contributed by atoms with Crippen LogP contribution in [0.4, 0.5) is 0 Å². The standard InChI is InChI=1S/C16H21NO2/c1-10-13(15(19)17(5)14(10)18)11-6-8-12(9-7-11)16(2,3)4/h6-10,13H,1-5H3/t10-,13+/m0/s1. The second-order valence-corrected chi connectivity index (χ2v) is 6.37. The van der Waals surface area contributed by atoms with Crippen LogP contribution in [-0.2, 0) is 15.0 Å². The molecule has 2 rings (SSSR count). The summed E-state index contributed by atoms with van der Waals surface area (Å²) in [5, 5.41) is 0. The summed E-state index contributed by atoms with van der Waals surface area (Å²) in [6.45, 7) is 8.29. The van der Waals surface area contributed by atoms with Crippen molar-refractivity contribution >= 4 is 11.8 Å². The van der Waals surface area contributed by atoms with Crippen LogP contribution in [-0.4, -0.2) is 23.8 Å². The van der Waals surface area contributed by atoms with E-state index < -0.39 is 0 Å². The Bertz CT molecular complexity index is 511. The molecule has 0 aliphatic carbocycles. The van der Waals surface area contributed by atoms with Crippen molar-refractivity contribution in [3.63, 3.8) is 0 Å². The van der Waals surface area contributed by atoms with Gasteiger partial charge in [0.2, 0.25) is 11.8 Å². The second kappa shape index (κ2) is 4.48. The Morgan fingerprint density at radius 1 is 1.00 bits per heavy atom. The number of rotatable bonds is 1. The Hall–Kier alpha value is -1.64. The number of benzene rings is 1. The lowest BCUT2D eigenvalue weighted by molar-refractivity contribution is -0.137. The number of carbonyl (C=O) groups is 2. The average Bonchev–Trinajstić information content (AvgIpc) is 2.53. The van der Waals surface area contributed by atoms with E-state index in [9.17, 15) is 9.59 Å². The van der Waals surface area contributed by atoms with Crippen molar-refractivity contribution in [1.82, 2.24) is 4.90 Å². The average molecular weight is 259 g/mol. The highest BCUT2D eigenvalue weighted by atomic mass is 16.2. The molecule has 0 N–H and O–H groups in total. The molecule has 102 valence electrons. The van der Waals surface area contributed by atoms with Crippen LogP contribution in [0.5, 0.6) is 0 Å². The van der Waals surface area contributed by atoms with E-state index in [1.165, 1.54) is 10.5 Å². The molecule has 0 radical (unpaired) electrons. The van der Waals surface area contributed by atoms with E-state index in [4.69, 9.17) is 0 Å². The minimum atomic E-state index is -0.327. The van der Waals surface area contributed by atoms with Gasteiger partial charge in [-0.05, 0) is 16.5 Å². The van der Waals surface area contributed by atoms with E-state index in [1.807, 2.05) is 19.1 Å². The van der Waals surface area contributed by atoms with Crippen molar-refractivity contribution in [2.75, 3.05) is 7.05 Å². The number of hydrogen-bond acceptors (Lipinski definition) is 2. The van der Waals surface area contributed by atoms with Crippen molar-refractivity contribution in [3.05, 3.63) is 35.4 Å². The number of likely N-dealkylation sites (tertiary alicyclic amines) is 1. The lowest BCUT2D eigenvalue weighted by Gasteiger charge is -2.20. The Balaban J connectivity index is 2.33. The molecule has 1 aliphatic heterocycles. The van der Waals surface area contributed by atoms with E-state index in [0.29, 0.717) is 0 Å². The highest BCUT2D eigenvalue weighted by molar-refractivity contribution is 6.07. The molecule has 1 aromatic carbocycles. The third-order valence-corrected chi connectivity index (χ3v) is 3.95. The van der Waals surface area contributed by atoms with Crippen molar-refractivity contribution in [2.45, 2.75) is 39.0 Å². The van der Waals surface area contributed by atoms with Gasteiger partial charge in [-0.2, -0.15) is 0 Å². The molecular weight excluding hydrogens is 238 g/mol. The Morgan fingerprint density at radius 2 is 1.53 bits per heavy atom. The normalized spacial score (nSPS) is 24.2. The third kappa shape index (κ3) is 2.29. The molecule has 0 unspecified atom stereocenters. The van der Waals surface area contributed by atoms with E-state index in [0.717, 1.165) is 5.56 Å². The van der Waals surface area contributed by atoms with Gasteiger partial charge in [0.25, 0.3) is 0 Å². The maximum absolute atomic E-state index is 12.1. The SMILES string of the molecule is C[C@@H]1C(=O)N(C)C(=O)[C@H]1c1ccc(C(C)(C)C)cc1. The molecule has 1 aliphatic rings. The van der Waals surface area contributed by atoms with Crippen LogP contribution in [0, 0.1) is 5.92 Å². The zero-order valence-corrected chi connectivity index (χ0v) is 12.2. The largest absolute Gasteiger partial charge is 0.285 e. The molecule has 1 fully saturated rings. The monoisotopic (exact) mass is 259 g/mol. The predicted octanol–water partition coefficient (Wildman–Crippen LogP) is 2.70. The fraction of sp³-hybridized carbons (Fsp3) is 0.500. The molecule has 3 heteroatoms. The molecule has 1 aromatic rings. The van der Waals surface area contributed by atoms with Crippen LogP contribution in [0.3, 0.4) is 0 Å². The van der Waals surface area contributed by atoms with E-state index >= 15 is 0 Å². The summed E-state index contributed by atoms with van der Waals surface area (Å²) in [6.07, 6.45) is 0. The quantitative estimate of drug-likeness (QED) is 0.727. The van der Waals surface area contributed by atoms with Crippen LogP contribution in [0.2, 0.25) is 0 Å². The molecule has 19 heavy (non-hydrogen) atoms. The minimum Gasteiger partial charge on any atom is -0.285 e. The molecule has 0 aromatic heterocycles. The molecular formula is C16H21NO2. The molecule has 0 bridgehead atoms. The first-order valence-electron chi connectivity index (χ1n) is 6.65. The van der Waals surface area contributed by atoms with Gasteiger partial charge < -0.3 is 0 Å². The Morgan fingerprint density at radius 3 is 1.89 bits per heavy atom. The van der Waals surface area contributed by atoms with Gasteiger partial charge in [-0.15, -0.1) is 0 Å². The van der Waals surface area contributed by atoms with E-state index in [-0.39, 0.29) is 29.1 Å².